The molecule has 0 atom stereocenters. The summed E-state index contributed by atoms with van der Waals surface area (Å²) < 4.78 is 37.8. The molecule has 100 valence electrons. The lowest BCUT2D eigenvalue weighted by atomic mass is 10.2. The first-order valence-corrected chi connectivity index (χ1v) is 5.95. The molecule has 7 heteroatoms. The minimum absolute atomic E-state index is 0.0526. The molecule has 0 spiro atoms. The Bertz CT molecular complexity index is 435. The third-order valence-electron chi connectivity index (χ3n) is 2.16. The number of rotatable bonds is 4. The zero-order valence-corrected chi connectivity index (χ0v) is 11.2. The number of nitrogens with one attached hydrogen (secondary N) is 2. The molecule has 1 aromatic rings. The fraction of sp³-hybridized carbons (Fsp3) is 0.364. The molecule has 18 heavy (non-hydrogen) atoms. The number of hydrogen-bond donors (Lipinski definition) is 2. The molecule has 0 radical (unpaired) electrons. The van der Waals surface area contributed by atoms with Gasteiger partial charge in [0.05, 0.1) is 5.56 Å². The highest BCUT2D eigenvalue weighted by atomic mass is 79.9. The molecule has 0 aliphatic rings. The molecule has 3 nitrogen and oxygen atoms in total. The summed E-state index contributed by atoms with van der Waals surface area (Å²) in [7, 11) is 1.69. The van der Waals surface area contributed by atoms with Crippen LogP contribution in [0, 0.1) is 0 Å². The number of hydrogen-bond acceptors (Lipinski definition) is 2. The smallest absolute Gasteiger partial charge is 0.326 e. The second-order valence-electron chi connectivity index (χ2n) is 3.59. The van der Waals surface area contributed by atoms with E-state index in [0.717, 1.165) is 6.07 Å². The fourth-order valence-corrected chi connectivity index (χ4v) is 1.75. The Balaban J connectivity index is 2.83. The molecule has 0 aliphatic carbocycles. The van der Waals surface area contributed by atoms with Gasteiger partial charge in [-0.05, 0) is 25.2 Å². The van der Waals surface area contributed by atoms with Gasteiger partial charge < -0.3 is 10.6 Å². The second kappa shape index (κ2) is 6.19. The fourth-order valence-electron chi connectivity index (χ4n) is 1.28. The zero-order chi connectivity index (χ0) is 13.8. The van der Waals surface area contributed by atoms with Gasteiger partial charge in [0, 0.05) is 23.1 Å². The van der Waals surface area contributed by atoms with E-state index in [0.29, 0.717) is 6.54 Å². The van der Waals surface area contributed by atoms with Gasteiger partial charge in [0.15, 0.2) is 0 Å². The zero-order valence-electron chi connectivity index (χ0n) is 9.57. The molecule has 0 saturated heterocycles. The summed E-state index contributed by atoms with van der Waals surface area (Å²) >= 11 is 2.83. The average Bonchev–Trinajstić information content (AvgIpc) is 2.27. The van der Waals surface area contributed by atoms with Gasteiger partial charge in [-0.2, -0.15) is 13.2 Å². The highest BCUT2D eigenvalue weighted by Crippen LogP contribution is 2.36. The Morgan fingerprint density at radius 1 is 1.39 bits per heavy atom. The molecule has 2 N–H and O–H groups in total. The maximum absolute atomic E-state index is 12.6. The summed E-state index contributed by atoms with van der Waals surface area (Å²) in [5, 5.41) is 5.20. The van der Waals surface area contributed by atoms with Crippen LogP contribution in [0.5, 0.6) is 0 Å². The Labute approximate surface area is 111 Å². The number of carbonyl (C=O) groups is 1. The third-order valence-corrected chi connectivity index (χ3v) is 2.85. The lowest BCUT2D eigenvalue weighted by Gasteiger charge is -2.12. The number of anilines is 1. The topological polar surface area (TPSA) is 41.1 Å². The number of amides is 1. The van der Waals surface area contributed by atoms with Crippen LogP contribution in [0.4, 0.5) is 18.9 Å². The molecule has 0 unspecified atom stereocenters. The highest BCUT2D eigenvalue weighted by molar-refractivity contribution is 9.10. The summed E-state index contributed by atoms with van der Waals surface area (Å²) in [6.07, 6.45) is -4.25. The van der Waals surface area contributed by atoms with E-state index in [-0.39, 0.29) is 22.5 Å². The molecule has 0 fully saturated rings. The van der Waals surface area contributed by atoms with Gasteiger partial charge in [0.25, 0.3) is 0 Å². The Kier molecular flexibility index (Phi) is 5.15. The van der Waals surface area contributed by atoms with E-state index in [1.165, 1.54) is 12.1 Å². The van der Waals surface area contributed by atoms with Crippen molar-refractivity contribution in [2.75, 3.05) is 18.9 Å². The van der Waals surface area contributed by atoms with E-state index in [4.69, 9.17) is 0 Å². The number of benzene rings is 1. The molecular formula is C11H12BrF3N2O. The van der Waals surface area contributed by atoms with Crippen LogP contribution in [0.2, 0.25) is 0 Å². The first kappa shape index (κ1) is 15.0. The maximum atomic E-state index is 12.6. The van der Waals surface area contributed by atoms with Crippen LogP contribution in [0.25, 0.3) is 0 Å². The second-order valence-corrected chi connectivity index (χ2v) is 4.45. The third kappa shape index (κ3) is 4.30. The first-order valence-electron chi connectivity index (χ1n) is 5.16. The predicted octanol–water partition coefficient (Wildman–Crippen LogP) is 3.02. The number of carbonyl (C=O) groups excluding carboxylic acids is 1. The van der Waals surface area contributed by atoms with E-state index < -0.39 is 11.7 Å². The minimum Gasteiger partial charge on any atom is -0.326 e. The molecule has 1 aromatic carbocycles. The monoisotopic (exact) mass is 324 g/mol. The molecule has 0 bridgehead atoms. The van der Waals surface area contributed by atoms with Crippen molar-refractivity contribution in [3.05, 3.63) is 28.2 Å². The quantitative estimate of drug-likeness (QED) is 0.893. The van der Waals surface area contributed by atoms with Crippen LogP contribution < -0.4 is 10.6 Å². The van der Waals surface area contributed by atoms with E-state index in [2.05, 4.69) is 26.6 Å². The van der Waals surface area contributed by atoms with Crippen LogP contribution in [-0.2, 0) is 11.0 Å². The summed E-state index contributed by atoms with van der Waals surface area (Å²) in [6.45, 7) is 0.467. The minimum atomic E-state index is -4.45. The van der Waals surface area contributed by atoms with Crippen molar-refractivity contribution < 1.29 is 18.0 Å². The Morgan fingerprint density at radius 3 is 2.61 bits per heavy atom. The van der Waals surface area contributed by atoms with Crippen molar-refractivity contribution in [3.63, 3.8) is 0 Å². The normalized spacial score (nSPS) is 11.4. The SMILES string of the molecule is CNCCC(=O)Nc1ccc(Br)c(C(F)(F)F)c1. The van der Waals surface area contributed by atoms with Crippen molar-refractivity contribution in [2.24, 2.45) is 0 Å². The van der Waals surface area contributed by atoms with Crippen molar-refractivity contribution in [1.29, 1.82) is 0 Å². The molecule has 0 aliphatic heterocycles. The van der Waals surface area contributed by atoms with E-state index in [1.807, 2.05) is 0 Å². The summed E-state index contributed by atoms with van der Waals surface area (Å²) in [5.74, 6) is -0.334. The number of alkyl halides is 3. The Hall–Kier alpha value is -1.08. The van der Waals surface area contributed by atoms with Gasteiger partial charge in [-0.15, -0.1) is 0 Å². The van der Waals surface area contributed by atoms with Crippen molar-refractivity contribution in [1.82, 2.24) is 5.32 Å². The molecule has 0 aromatic heterocycles. The van der Waals surface area contributed by atoms with Crippen LogP contribution in [-0.4, -0.2) is 19.5 Å². The standard InChI is InChI=1S/C11H12BrF3N2O/c1-16-5-4-10(18)17-7-2-3-9(12)8(6-7)11(13,14)15/h2-3,6,16H,4-5H2,1H3,(H,17,18). The van der Waals surface area contributed by atoms with Gasteiger partial charge in [-0.1, -0.05) is 15.9 Å². The average molecular weight is 325 g/mol. The maximum Gasteiger partial charge on any atom is 0.417 e. The van der Waals surface area contributed by atoms with Crippen LogP contribution in [0.15, 0.2) is 22.7 Å². The molecule has 1 rings (SSSR count). The van der Waals surface area contributed by atoms with Crippen LogP contribution in [0.1, 0.15) is 12.0 Å². The van der Waals surface area contributed by atoms with Gasteiger partial charge in [0.2, 0.25) is 5.91 Å². The van der Waals surface area contributed by atoms with Crippen molar-refractivity contribution >= 4 is 27.5 Å². The van der Waals surface area contributed by atoms with Crippen LogP contribution in [0.3, 0.4) is 0 Å². The van der Waals surface area contributed by atoms with E-state index >= 15 is 0 Å². The van der Waals surface area contributed by atoms with Gasteiger partial charge in [0.1, 0.15) is 0 Å². The molecule has 0 heterocycles. The van der Waals surface area contributed by atoms with Gasteiger partial charge in [-0.25, -0.2) is 0 Å². The summed E-state index contributed by atoms with van der Waals surface area (Å²) in [6, 6.07) is 3.58. The predicted molar refractivity (Wildman–Crippen MR) is 66.3 cm³/mol. The van der Waals surface area contributed by atoms with Crippen molar-refractivity contribution in [2.45, 2.75) is 12.6 Å². The van der Waals surface area contributed by atoms with Crippen LogP contribution >= 0.6 is 15.9 Å². The number of halogens is 4. The van der Waals surface area contributed by atoms with E-state index in [9.17, 15) is 18.0 Å². The van der Waals surface area contributed by atoms with E-state index in [1.54, 1.807) is 7.05 Å². The Morgan fingerprint density at radius 2 is 2.06 bits per heavy atom. The molecular weight excluding hydrogens is 313 g/mol. The first-order chi connectivity index (χ1) is 8.34. The highest BCUT2D eigenvalue weighted by Gasteiger charge is 2.33. The van der Waals surface area contributed by atoms with Gasteiger partial charge >= 0.3 is 6.18 Å². The van der Waals surface area contributed by atoms with Crippen molar-refractivity contribution in [3.8, 4) is 0 Å². The molecule has 0 saturated carbocycles. The summed E-state index contributed by atoms with van der Waals surface area (Å²) in [5.41, 5.74) is -0.680. The molecule has 1 amide bonds. The lowest BCUT2D eigenvalue weighted by molar-refractivity contribution is -0.138. The largest absolute Gasteiger partial charge is 0.417 e. The van der Waals surface area contributed by atoms with Gasteiger partial charge in [-0.3, -0.25) is 4.79 Å². The summed E-state index contributed by atoms with van der Waals surface area (Å²) in [4.78, 5) is 11.4. The lowest BCUT2D eigenvalue weighted by Crippen LogP contribution is -2.19.